The van der Waals surface area contributed by atoms with E-state index in [9.17, 15) is 4.79 Å². The van der Waals surface area contributed by atoms with Gasteiger partial charge >= 0.3 is 6.09 Å². The molecule has 1 atom stereocenters. The number of alkyl carbamates (subject to hydrolysis) is 1. The van der Waals surface area contributed by atoms with Crippen molar-refractivity contribution < 1.29 is 9.53 Å². The molecule has 0 radical (unpaired) electrons. The second-order valence-electron chi connectivity index (χ2n) is 3.44. The van der Waals surface area contributed by atoms with Gasteiger partial charge in [-0.2, -0.15) is 0 Å². The maximum absolute atomic E-state index is 11.1. The minimum Gasteiger partial charge on any atom is -0.446 e. The highest BCUT2D eigenvalue weighted by molar-refractivity contribution is 5.68. The summed E-state index contributed by atoms with van der Waals surface area (Å²) in [6.07, 6.45) is 3.05. The molecule has 0 aromatic carbocycles. The highest BCUT2D eigenvalue weighted by Gasteiger charge is 2.27. The third-order valence-electron chi connectivity index (χ3n) is 2.18. The molecule has 2 aliphatic rings. The number of nitrogens with one attached hydrogen (secondary N) is 2. The van der Waals surface area contributed by atoms with Crippen molar-refractivity contribution in [3.63, 3.8) is 0 Å². The van der Waals surface area contributed by atoms with Crippen LogP contribution in [0.4, 0.5) is 4.79 Å². The second kappa shape index (κ2) is 3.31. The minimum atomic E-state index is -0.244. The fraction of sp³-hybridized carbons (Fsp3) is 0.875. The molecule has 4 nitrogen and oxygen atoms in total. The number of amides is 1. The molecule has 4 heteroatoms. The molecule has 2 N–H and O–H groups in total. The number of carbonyl (C=O) groups is 1. The molecule has 2 rings (SSSR count). The Morgan fingerprint density at radius 3 is 2.83 bits per heavy atom. The van der Waals surface area contributed by atoms with Crippen LogP contribution in [0.3, 0.4) is 0 Å². The Hall–Kier alpha value is -0.770. The van der Waals surface area contributed by atoms with Gasteiger partial charge in [-0.15, -0.1) is 0 Å². The fourth-order valence-corrected chi connectivity index (χ4v) is 1.32. The fourth-order valence-electron chi connectivity index (χ4n) is 1.32. The van der Waals surface area contributed by atoms with Crippen LogP contribution >= 0.6 is 0 Å². The van der Waals surface area contributed by atoms with E-state index in [1.165, 1.54) is 0 Å². The Morgan fingerprint density at radius 1 is 1.42 bits per heavy atom. The van der Waals surface area contributed by atoms with E-state index < -0.39 is 0 Å². The monoisotopic (exact) mass is 170 g/mol. The Kier molecular flexibility index (Phi) is 2.17. The van der Waals surface area contributed by atoms with Crippen LogP contribution in [0.2, 0.25) is 0 Å². The highest BCUT2D eigenvalue weighted by Crippen LogP contribution is 2.23. The summed E-state index contributed by atoms with van der Waals surface area (Å²) in [6, 6.07) is 0.274. The summed E-state index contributed by atoms with van der Waals surface area (Å²) in [6.45, 7) is 1.87. The van der Waals surface area contributed by atoms with Gasteiger partial charge in [0.2, 0.25) is 0 Å². The molecule has 12 heavy (non-hydrogen) atoms. The van der Waals surface area contributed by atoms with Crippen molar-refractivity contribution in [2.45, 2.75) is 31.4 Å². The standard InChI is InChI=1S/C8H14N2O2/c11-8(12-7-1-2-7)10-6-3-4-9-5-6/h6-7,9H,1-5H2,(H,10,11)/t6-/m1/s1. The van der Waals surface area contributed by atoms with E-state index in [0.717, 1.165) is 32.4 Å². The Bertz CT molecular complexity index is 174. The van der Waals surface area contributed by atoms with Crippen LogP contribution in [-0.2, 0) is 4.74 Å². The average molecular weight is 170 g/mol. The molecule has 1 aliphatic heterocycles. The van der Waals surface area contributed by atoms with Gasteiger partial charge in [0.05, 0.1) is 0 Å². The summed E-state index contributed by atoms with van der Waals surface area (Å²) in [4.78, 5) is 11.1. The Morgan fingerprint density at radius 2 is 2.25 bits per heavy atom. The highest BCUT2D eigenvalue weighted by atomic mass is 16.6. The van der Waals surface area contributed by atoms with Crippen molar-refractivity contribution in [2.24, 2.45) is 0 Å². The molecule has 0 unspecified atom stereocenters. The van der Waals surface area contributed by atoms with Crippen LogP contribution in [-0.4, -0.2) is 31.3 Å². The molecule has 1 saturated carbocycles. The van der Waals surface area contributed by atoms with E-state index in [-0.39, 0.29) is 18.2 Å². The molecular formula is C8H14N2O2. The van der Waals surface area contributed by atoms with E-state index in [1.54, 1.807) is 0 Å². The van der Waals surface area contributed by atoms with E-state index in [0.29, 0.717) is 0 Å². The molecule has 0 spiro atoms. The maximum Gasteiger partial charge on any atom is 0.407 e. The van der Waals surface area contributed by atoms with Crippen molar-refractivity contribution in [3.8, 4) is 0 Å². The zero-order chi connectivity index (χ0) is 8.39. The molecule has 68 valence electrons. The molecule has 0 aromatic rings. The summed E-state index contributed by atoms with van der Waals surface area (Å²) < 4.78 is 5.05. The van der Waals surface area contributed by atoms with E-state index >= 15 is 0 Å². The van der Waals surface area contributed by atoms with Crippen molar-refractivity contribution in [1.29, 1.82) is 0 Å². The molecule has 1 heterocycles. The van der Waals surface area contributed by atoms with Crippen LogP contribution in [0.5, 0.6) is 0 Å². The summed E-state index contributed by atoms with van der Waals surface area (Å²) in [7, 11) is 0. The zero-order valence-corrected chi connectivity index (χ0v) is 7.01. The van der Waals surface area contributed by atoms with Crippen molar-refractivity contribution >= 4 is 6.09 Å². The normalized spacial score (nSPS) is 28.5. The van der Waals surface area contributed by atoms with Gasteiger partial charge in [0.1, 0.15) is 6.10 Å². The molecule has 1 saturated heterocycles. The molecule has 2 fully saturated rings. The third-order valence-corrected chi connectivity index (χ3v) is 2.18. The lowest BCUT2D eigenvalue weighted by atomic mass is 10.3. The quantitative estimate of drug-likeness (QED) is 0.624. The Labute approximate surface area is 71.7 Å². The number of hydrogen-bond donors (Lipinski definition) is 2. The number of carbonyl (C=O) groups excluding carboxylic acids is 1. The molecule has 0 bridgehead atoms. The van der Waals surface area contributed by atoms with Gasteiger partial charge in [-0.25, -0.2) is 4.79 Å². The summed E-state index contributed by atoms with van der Waals surface area (Å²) in [5, 5.41) is 6.00. The first-order valence-electron chi connectivity index (χ1n) is 4.52. The lowest BCUT2D eigenvalue weighted by Gasteiger charge is -2.10. The van der Waals surface area contributed by atoms with Gasteiger partial charge in [-0.3, -0.25) is 0 Å². The number of rotatable bonds is 2. The smallest absolute Gasteiger partial charge is 0.407 e. The predicted octanol–water partition coefficient (Wildman–Crippen LogP) is 0.237. The first-order chi connectivity index (χ1) is 5.84. The predicted molar refractivity (Wildman–Crippen MR) is 43.9 cm³/mol. The summed E-state index contributed by atoms with van der Waals surface area (Å²) in [5.41, 5.74) is 0. The third kappa shape index (κ3) is 2.11. The van der Waals surface area contributed by atoms with Gasteiger partial charge in [0.15, 0.2) is 0 Å². The van der Waals surface area contributed by atoms with Crippen molar-refractivity contribution in [3.05, 3.63) is 0 Å². The topological polar surface area (TPSA) is 50.4 Å². The van der Waals surface area contributed by atoms with Crippen LogP contribution in [0.1, 0.15) is 19.3 Å². The zero-order valence-electron chi connectivity index (χ0n) is 7.01. The van der Waals surface area contributed by atoms with E-state index in [1.807, 2.05) is 0 Å². The van der Waals surface area contributed by atoms with Crippen LogP contribution in [0.25, 0.3) is 0 Å². The minimum absolute atomic E-state index is 0.208. The van der Waals surface area contributed by atoms with Crippen molar-refractivity contribution in [1.82, 2.24) is 10.6 Å². The first kappa shape index (κ1) is 7.86. The lowest BCUT2D eigenvalue weighted by Crippen LogP contribution is -2.36. The van der Waals surface area contributed by atoms with E-state index in [4.69, 9.17) is 4.74 Å². The summed E-state index contributed by atoms with van der Waals surface area (Å²) >= 11 is 0. The van der Waals surface area contributed by atoms with Crippen molar-refractivity contribution in [2.75, 3.05) is 13.1 Å². The Balaban J connectivity index is 1.66. The SMILES string of the molecule is O=C(N[C@@H]1CCNC1)OC1CC1. The largest absolute Gasteiger partial charge is 0.446 e. The van der Waals surface area contributed by atoms with Crippen LogP contribution in [0, 0.1) is 0 Å². The second-order valence-corrected chi connectivity index (χ2v) is 3.44. The average Bonchev–Trinajstić information content (AvgIpc) is 2.66. The van der Waals surface area contributed by atoms with Gasteiger partial charge in [-0.1, -0.05) is 0 Å². The number of hydrogen-bond acceptors (Lipinski definition) is 3. The molecule has 0 aromatic heterocycles. The molecule has 1 amide bonds. The van der Waals surface area contributed by atoms with Crippen LogP contribution < -0.4 is 10.6 Å². The molecule has 1 aliphatic carbocycles. The van der Waals surface area contributed by atoms with Gasteiger partial charge in [-0.05, 0) is 25.8 Å². The van der Waals surface area contributed by atoms with Gasteiger partial charge in [0, 0.05) is 12.6 Å². The summed E-state index contributed by atoms with van der Waals surface area (Å²) in [5.74, 6) is 0. The lowest BCUT2D eigenvalue weighted by molar-refractivity contribution is 0.136. The van der Waals surface area contributed by atoms with Gasteiger partial charge in [0.25, 0.3) is 0 Å². The molecular weight excluding hydrogens is 156 g/mol. The van der Waals surface area contributed by atoms with Crippen LogP contribution in [0.15, 0.2) is 0 Å². The first-order valence-corrected chi connectivity index (χ1v) is 4.52. The maximum atomic E-state index is 11.1. The van der Waals surface area contributed by atoms with Gasteiger partial charge < -0.3 is 15.4 Å². The van der Waals surface area contributed by atoms with E-state index in [2.05, 4.69) is 10.6 Å². The number of ether oxygens (including phenoxy) is 1.